The van der Waals surface area contributed by atoms with Crippen molar-refractivity contribution in [3.05, 3.63) is 12.2 Å². The van der Waals surface area contributed by atoms with Crippen LogP contribution >= 0.6 is 0 Å². The molecule has 0 aromatic heterocycles. The van der Waals surface area contributed by atoms with Crippen molar-refractivity contribution in [3.63, 3.8) is 0 Å². The van der Waals surface area contributed by atoms with Crippen LogP contribution in [-0.4, -0.2) is 12.1 Å². The first-order chi connectivity index (χ1) is 12.1. The van der Waals surface area contributed by atoms with E-state index in [2.05, 4.69) is 13.5 Å². The van der Waals surface area contributed by atoms with Crippen molar-refractivity contribution in [1.82, 2.24) is 0 Å². The van der Waals surface area contributed by atoms with E-state index in [0.29, 0.717) is 11.5 Å². The van der Waals surface area contributed by atoms with Gasteiger partial charge in [0, 0.05) is 5.57 Å². The van der Waals surface area contributed by atoms with E-state index in [0.717, 1.165) is 65.6 Å². The lowest BCUT2D eigenvalue weighted by Gasteiger charge is -2.48. The third kappa shape index (κ3) is 1.75. The average molecular weight is 341 g/mol. The predicted octanol–water partition coefficient (Wildman–Crippen LogP) is 4.69. The maximum Gasteiger partial charge on any atom is 0.333 e. The highest BCUT2D eigenvalue weighted by Gasteiger charge is 2.72. The first-order valence-corrected chi connectivity index (χ1v) is 10.9. The van der Waals surface area contributed by atoms with Gasteiger partial charge >= 0.3 is 5.97 Å². The van der Waals surface area contributed by atoms with Gasteiger partial charge in [0.05, 0.1) is 0 Å². The lowest BCUT2D eigenvalue weighted by molar-refractivity contribution is -0.150. The highest BCUT2D eigenvalue weighted by molar-refractivity contribution is 5.87. The van der Waals surface area contributed by atoms with E-state index in [4.69, 9.17) is 4.74 Å². The molecule has 6 rings (SSSR count). The van der Waals surface area contributed by atoms with E-state index in [1.807, 2.05) is 0 Å². The highest BCUT2D eigenvalue weighted by Crippen LogP contribution is 2.77. The SMILES string of the molecule is C=C(C)C(=O)OC1CC2CC1C1C3CC(C21)C1C2CC(CC2CC)C31. The summed E-state index contributed by atoms with van der Waals surface area (Å²) >= 11 is 0. The average Bonchev–Trinajstić information content (AvgIpc) is 3.36. The summed E-state index contributed by atoms with van der Waals surface area (Å²) in [5.74, 6) is 10.6. The zero-order chi connectivity index (χ0) is 17.0. The molecule has 0 heterocycles. The Morgan fingerprint density at radius 1 is 0.880 bits per heavy atom. The molecule has 0 N–H and O–H groups in total. The molecule has 6 aliphatic carbocycles. The number of esters is 1. The van der Waals surface area contributed by atoms with Crippen molar-refractivity contribution in [3.8, 4) is 0 Å². The third-order valence-corrected chi connectivity index (χ3v) is 9.99. The first kappa shape index (κ1) is 15.3. The zero-order valence-electron chi connectivity index (χ0n) is 15.7. The van der Waals surface area contributed by atoms with Gasteiger partial charge in [-0.2, -0.15) is 0 Å². The van der Waals surface area contributed by atoms with Crippen LogP contribution in [0.25, 0.3) is 0 Å². The molecule has 6 fully saturated rings. The zero-order valence-corrected chi connectivity index (χ0v) is 15.7. The number of fused-ring (bicyclic) bond motifs is 16. The fourth-order valence-electron chi connectivity index (χ4n) is 9.75. The van der Waals surface area contributed by atoms with Crippen LogP contribution in [0.2, 0.25) is 0 Å². The second kappa shape index (κ2) is 4.93. The van der Waals surface area contributed by atoms with Crippen molar-refractivity contribution in [1.29, 1.82) is 0 Å². The number of carbonyl (C=O) groups excluding carboxylic acids is 1. The fourth-order valence-corrected chi connectivity index (χ4v) is 9.75. The Hall–Kier alpha value is -0.790. The minimum absolute atomic E-state index is 0.152. The van der Waals surface area contributed by atoms with E-state index < -0.39 is 0 Å². The molecule has 0 amide bonds. The molecule has 0 spiro atoms. The summed E-state index contributed by atoms with van der Waals surface area (Å²) < 4.78 is 5.89. The molecule has 0 saturated heterocycles. The second-order valence-electron chi connectivity index (χ2n) is 10.6. The van der Waals surface area contributed by atoms with Crippen LogP contribution in [-0.2, 0) is 9.53 Å². The first-order valence-electron chi connectivity index (χ1n) is 10.9. The van der Waals surface area contributed by atoms with E-state index >= 15 is 0 Å². The lowest BCUT2D eigenvalue weighted by atomic mass is 9.58. The fraction of sp³-hybridized carbons (Fsp3) is 0.870. The van der Waals surface area contributed by atoms with Crippen LogP contribution in [0.4, 0.5) is 0 Å². The monoisotopic (exact) mass is 340 g/mol. The van der Waals surface area contributed by atoms with Crippen molar-refractivity contribution >= 4 is 5.97 Å². The Morgan fingerprint density at radius 3 is 2.20 bits per heavy atom. The summed E-state index contributed by atoms with van der Waals surface area (Å²) in [5, 5.41) is 0. The summed E-state index contributed by atoms with van der Waals surface area (Å²) in [7, 11) is 0. The van der Waals surface area contributed by atoms with E-state index in [1.54, 1.807) is 13.3 Å². The quantitative estimate of drug-likeness (QED) is 0.423. The standard InChI is InChI=1S/C23H32O2/c1-4-11-5-12-6-14(11)21-16-9-17(19(12)21)22-15-7-13(20(16)22)8-18(15)25-23(24)10(2)3/h11-22H,2,4-9H2,1,3H3. The van der Waals surface area contributed by atoms with Crippen molar-refractivity contribution in [2.75, 3.05) is 0 Å². The molecule has 25 heavy (non-hydrogen) atoms. The van der Waals surface area contributed by atoms with Crippen LogP contribution in [0, 0.1) is 65.1 Å². The molecule has 2 nitrogen and oxygen atoms in total. The van der Waals surface area contributed by atoms with Crippen molar-refractivity contribution < 1.29 is 9.53 Å². The summed E-state index contributed by atoms with van der Waals surface area (Å²) in [5.41, 5.74) is 0.561. The van der Waals surface area contributed by atoms with E-state index in [-0.39, 0.29) is 12.1 Å². The molecule has 12 atom stereocenters. The Balaban J connectivity index is 1.26. The number of hydrogen-bond acceptors (Lipinski definition) is 2. The third-order valence-electron chi connectivity index (χ3n) is 9.99. The van der Waals surface area contributed by atoms with Crippen LogP contribution in [0.1, 0.15) is 52.4 Å². The highest BCUT2D eigenvalue weighted by atomic mass is 16.5. The summed E-state index contributed by atoms with van der Waals surface area (Å²) in [6.45, 7) is 7.98. The number of ether oxygens (including phenoxy) is 1. The molecule has 2 heteroatoms. The molecule has 6 bridgehead atoms. The Bertz CT molecular complexity index is 638. The van der Waals surface area contributed by atoms with Gasteiger partial charge in [-0.05, 0) is 104 Å². The number of hydrogen-bond donors (Lipinski definition) is 0. The van der Waals surface area contributed by atoms with Gasteiger partial charge in [0.25, 0.3) is 0 Å². The normalized spacial score (nSPS) is 59.3. The van der Waals surface area contributed by atoms with Crippen molar-refractivity contribution in [2.45, 2.75) is 58.5 Å². The molecule has 0 aromatic carbocycles. The summed E-state index contributed by atoms with van der Waals surface area (Å²) in [6, 6.07) is 0. The molecule has 0 aliphatic heterocycles. The van der Waals surface area contributed by atoms with Crippen LogP contribution in [0.5, 0.6) is 0 Å². The topological polar surface area (TPSA) is 26.3 Å². The smallest absolute Gasteiger partial charge is 0.333 e. The van der Waals surface area contributed by atoms with Crippen LogP contribution < -0.4 is 0 Å². The summed E-state index contributed by atoms with van der Waals surface area (Å²) in [4.78, 5) is 12.1. The van der Waals surface area contributed by atoms with E-state index in [1.165, 1.54) is 25.7 Å². The minimum atomic E-state index is -0.152. The molecule has 0 aromatic rings. The molecule has 0 radical (unpaired) electrons. The van der Waals surface area contributed by atoms with Crippen LogP contribution in [0.3, 0.4) is 0 Å². The summed E-state index contributed by atoms with van der Waals surface area (Å²) in [6.07, 6.45) is 8.74. The van der Waals surface area contributed by atoms with Gasteiger partial charge < -0.3 is 4.74 Å². The van der Waals surface area contributed by atoms with Crippen LogP contribution in [0.15, 0.2) is 12.2 Å². The Morgan fingerprint density at radius 2 is 1.52 bits per heavy atom. The maximum atomic E-state index is 12.1. The number of carbonyl (C=O) groups is 1. The van der Waals surface area contributed by atoms with Gasteiger partial charge in [-0.15, -0.1) is 0 Å². The van der Waals surface area contributed by atoms with Gasteiger partial charge in [0.15, 0.2) is 0 Å². The Labute approximate surface area is 151 Å². The molecule has 136 valence electrons. The van der Waals surface area contributed by atoms with E-state index in [9.17, 15) is 4.79 Å². The minimum Gasteiger partial charge on any atom is -0.459 e. The van der Waals surface area contributed by atoms with Gasteiger partial charge in [0.1, 0.15) is 6.10 Å². The molecule has 12 unspecified atom stereocenters. The van der Waals surface area contributed by atoms with Gasteiger partial charge in [-0.3, -0.25) is 0 Å². The molecule has 6 aliphatic rings. The molecular weight excluding hydrogens is 308 g/mol. The van der Waals surface area contributed by atoms with Gasteiger partial charge in [0.2, 0.25) is 0 Å². The molecule has 6 saturated carbocycles. The largest absolute Gasteiger partial charge is 0.459 e. The maximum absolute atomic E-state index is 12.1. The predicted molar refractivity (Wildman–Crippen MR) is 96.5 cm³/mol. The second-order valence-corrected chi connectivity index (χ2v) is 10.6. The van der Waals surface area contributed by atoms with Crippen molar-refractivity contribution in [2.24, 2.45) is 65.1 Å². The van der Waals surface area contributed by atoms with Gasteiger partial charge in [-0.1, -0.05) is 19.9 Å². The Kier molecular flexibility index (Phi) is 3.01. The lowest BCUT2D eigenvalue weighted by Crippen LogP contribution is -2.45. The molecular formula is C23H32O2. The number of rotatable bonds is 3. The van der Waals surface area contributed by atoms with Gasteiger partial charge in [-0.25, -0.2) is 4.79 Å².